The molecular formula is C19H19ClN4O3. The molecule has 0 radical (unpaired) electrons. The predicted molar refractivity (Wildman–Crippen MR) is 101 cm³/mol. The van der Waals surface area contributed by atoms with E-state index in [4.69, 9.17) is 16.3 Å². The number of carbonyl (C=O) groups excluding carboxylic acids is 2. The summed E-state index contributed by atoms with van der Waals surface area (Å²) in [6.07, 6.45) is 0.179. The Labute approximate surface area is 162 Å². The second-order valence-electron chi connectivity index (χ2n) is 6.62. The minimum absolute atomic E-state index is 0.253. The van der Waals surface area contributed by atoms with E-state index in [0.717, 1.165) is 13.1 Å². The average molecular weight is 387 g/mol. The van der Waals surface area contributed by atoms with Crippen molar-refractivity contribution in [2.75, 3.05) is 38.1 Å². The number of nitrogens with zero attached hydrogens (tertiary/aromatic N) is 4. The lowest BCUT2D eigenvalue weighted by Crippen LogP contribution is -2.48. The van der Waals surface area contributed by atoms with Gasteiger partial charge in [-0.3, -0.25) is 9.69 Å². The van der Waals surface area contributed by atoms with Crippen LogP contribution in [-0.2, 0) is 4.74 Å². The lowest BCUT2D eigenvalue weighted by atomic mass is 10.1. The van der Waals surface area contributed by atoms with Crippen LogP contribution in [0.1, 0.15) is 22.1 Å². The number of carbonyl (C=O) groups is 2. The van der Waals surface area contributed by atoms with E-state index in [1.54, 1.807) is 35.2 Å². The van der Waals surface area contributed by atoms with Crippen molar-refractivity contribution >= 4 is 29.4 Å². The van der Waals surface area contributed by atoms with Crippen LogP contribution in [0, 0.1) is 0 Å². The van der Waals surface area contributed by atoms with Crippen molar-refractivity contribution in [1.29, 1.82) is 0 Å². The third-order valence-electron chi connectivity index (χ3n) is 4.84. The molecule has 1 atom stereocenters. The van der Waals surface area contributed by atoms with Gasteiger partial charge in [-0.25, -0.2) is 9.78 Å². The Morgan fingerprint density at radius 1 is 1.15 bits per heavy atom. The molecule has 2 aliphatic rings. The van der Waals surface area contributed by atoms with Crippen molar-refractivity contribution in [1.82, 2.24) is 14.8 Å². The fourth-order valence-corrected chi connectivity index (χ4v) is 3.40. The molecule has 1 aromatic heterocycles. The summed E-state index contributed by atoms with van der Waals surface area (Å²) in [6, 6.07) is 10.4. The van der Waals surface area contributed by atoms with Gasteiger partial charge in [-0.15, -0.1) is 0 Å². The molecule has 27 heavy (non-hydrogen) atoms. The van der Waals surface area contributed by atoms with Gasteiger partial charge < -0.3 is 14.5 Å². The van der Waals surface area contributed by atoms with Crippen LogP contribution in [0.2, 0.25) is 5.02 Å². The fraction of sp³-hybridized carbons (Fsp3) is 0.316. The number of benzene rings is 1. The Balaban J connectivity index is 1.63. The van der Waals surface area contributed by atoms with Crippen LogP contribution in [0.5, 0.6) is 0 Å². The molecule has 2 aliphatic heterocycles. The quantitative estimate of drug-likeness (QED) is 0.794. The van der Waals surface area contributed by atoms with E-state index in [0.29, 0.717) is 35.1 Å². The first-order valence-corrected chi connectivity index (χ1v) is 9.10. The lowest BCUT2D eigenvalue weighted by Gasteiger charge is -2.33. The number of piperazine rings is 1. The van der Waals surface area contributed by atoms with Crippen molar-refractivity contribution < 1.29 is 14.3 Å². The molecule has 140 valence electrons. The van der Waals surface area contributed by atoms with Gasteiger partial charge in [0.15, 0.2) is 0 Å². The fourth-order valence-electron chi connectivity index (χ4n) is 3.29. The number of hydrogen-bond donors (Lipinski definition) is 0. The van der Waals surface area contributed by atoms with Crippen LogP contribution in [0.4, 0.5) is 10.6 Å². The number of likely N-dealkylation sites (N-methyl/N-ethyl adjacent to an activating group) is 1. The van der Waals surface area contributed by atoms with Crippen LogP contribution in [-0.4, -0.2) is 60.0 Å². The van der Waals surface area contributed by atoms with E-state index in [-0.39, 0.29) is 5.91 Å². The Kier molecular flexibility index (Phi) is 4.72. The SMILES string of the molecule is CN1CCN(C(=O)OC2c3ccccc3C(=O)N2c2ccc(Cl)cn2)CC1. The predicted octanol–water partition coefficient (Wildman–Crippen LogP) is 2.78. The first-order valence-electron chi connectivity index (χ1n) is 8.73. The van der Waals surface area contributed by atoms with E-state index in [1.807, 2.05) is 13.1 Å². The summed E-state index contributed by atoms with van der Waals surface area (Å²) in [5.74, 6) is 0.133. The maximum atomic E-state index is 12.9. The van der Waals surface area contributed by atoms with E-state index in [2.05, 4.69) is 9.88 Å². The summed E-state index contributed by atoms with van der Waals surface area (Å²) in [5.41, 5.74) is 1.16. The van der Waals surface area contributed by atoms with Crippen molar-refractivity contribution in [2.45, 2.75) is 6.23 Å². The summed E-state index contributed by atoms with van der Waals surface area (Å²) >= 11 is 5.92. The van der Waals surface area contributed by atoms with Gasteiger partial charge in [-0.05, 0) is 25.2 Å². The van der Waals surface area contributed by atoms with E-state index < -0.39 is 12.3 Å². The zero-order valence-corrected chi connectivity index (χ0v) is 15.6. The molecule has 1 unspecified atom stereocenters. The van der Waals surface area contributed by atoms with Gasteiger partial charge in [-0.2, -0.15) is 0 Å². The molecule has 8 heteroatoms. The second kappa shape index (κ2) is 7.17. The van der Waals surface area contributed by atoms with Gasteiger partial charge in [0.2, 0.25) is 6.23 Å². The van der Waals surface area contributed by atoms with Gasteiger partial charge >= 0.3 is 6.09 Å². The molecule has 0 aliphatic carbocycles. The summed E-state index contributed by atoms with van der Waals surface area (Å²) in [5, 5.41) is 0.467. The number of anilines is 1. The Morgan fingerprint density at radius 3 is 2.59 bits per heavy atom. The van der Waals surface area contributed by atoms with Crippen molar-refractivity contribution in [3.05, 3.63) is 58.7 Å². The van der Waals surface area contributed by atoms with Crippen molar-refractivity contribution in [3.8, 4) is 0 Å². The second-order valence-corrected chi connectivity index (χ2v) is 7.06. The minimum Gasteiger partial charge on any atom is -0.420 e. The number of amides is 2. The van der Waals surface area contributed by atoms with Crippen LogP contribution < -0.4 is 4.90 Å². The lowest BCUT2D eigenvalue weighted by molar-refractivity contribution is 0.0488. The van der Waals surface area contributed by atoms with Crippen LogP contribution in [0.15, 0.2) is 42.6 Å². The maximum absolute atomic E-state index is 12.9. The van der Waals surface area contributed by atoms with Crippen molar-refractivity contribution in [3.63, 3.8) is 0 Å². The third kappa shape index (κ3) is 3.36. The number of ether oxygens (including phenoxy) is 1. The van der Waals surface area contributed by atoms with Crippen LogP contribution >= 0.6 is 11.6 Å². The van der Waals surface area contributed by atoms with Crippen LogP contribution in [0.25, 0.3) is 0 Å². The smallest absolute Gasteiger partial charge is 0.412 e. The molecule has 0 saturated carbocycles. The zero-order valence-electron chi connectivity index (χ0n) is 14.8. The topological polar surface area (TPSA) is 66.0 Å². The van der Waals surface area contributed by atoms with Crippen molar-refractivity contribution in [2.24, 2.45) is 0 Å². The molecule has 0 bridgehead atoms. The normalized spacial score (nSPS) is 19.9. The molecule has 3 heterocycles. The number of hydrogen-bond acceptors (Lipinski definition) is 5. The van der Waals surface area contributed by atoms with Gasteiger partial charge in [0.25, 0.3) is 5.91 Å². The van der Waals surface area contributed by atoms with E-state index >= 15 is 0 Å². The summed E-state index contributed by atoms with van der Waals surface area (Å²) in [6.45, 7) is 2.77. The van der Waals surface area contributed by atoms with Gasteiger partial charge in [0.05, 0.1) is 5.02 Å². The zero-order chi connectivity index (χ0) is 19.0. The number of fused-ring (bicyclic) bond motifs is 1. The highest BCUT2D eigenvalue weighted by molar-refractivity contribution is 6.30. The highest BCUT2D eigenvalue weighted by Gasteiger charge is 2.41. The molecule has 2 amide bonds. The standard InChI is InChI=1S/C19H19ClN4O3/c1-22-8-10-23(11-9-22)19(26)27-18-15-5-3-2-4-14(15)17(25)24(18)16-7-6-13(20)12-21-16/h2-7,12,18H,8-11H2,1H3. The molecule has 2 aromatic rings. The number of halogens is 1. The van der Waals surface area contributed by atoms with Crippen LogP contribution in [0.3, 0.4) is 0 Å². The molecular weight excluding hydrogens is 368 g/mol. The molecule has 4 rings (SSSR count). The van der Waals surface area contributed by atoms with E-state index in [1.165, 1.54) is 11.1 Å². The maximum Gasteiger partial charge on any atom is 0.412 e. The summed E-state index contributed by atoms with van der Waals surface area (Å²) < 4.78 is 5.78. The third-order valence-corrected chi connectivity index (χ3v) is 5.07. The first kappa shape index (κ1) is 17.8. The first-order chi connectivity index (χ1) is 13.0. The van der Waals surface area contributed by atoms with Gasteiger partial charge in [-0.1, -0.05) is 29.8 Å². The van der Waals surface area contributed by atoms with E-state index in [9.17, 15) is 9.59 Å². The Morgan fingerprint density at radius 2 is 1.89 bits per heavy atom. The number of aromatic nitrogens is 1. The largest absolute Gasteiger partial charge is 0.420 e. The highest BCUT2D eigenvalue weighted by Crippen LogP contribution is 2.38. The molecule has 0 N–H and O–H groups in total. The Bertz CT molecular complexity index is 866. The Hall–Kier alpha value is -2.64. The minimum atomic E-state index is -0.852. The average Bonchev–Trinajstić information content (AvgIpc) is 2.95. The summed E-state index contributed by atoms with van der Waals surface area (Å²) in [4.78, 5) is 35.1. The summed E-state index contributed by atoms with van der Waals surface area (Å²) in [7, 11) is 2.02. The monoisotopic (exact) mass is 386 g/mol. The van der Waals surface area contributed by atoms with Gasteiger partial charge in [0, 0.05) is 43.5 Å². The number of pyridine rings is 1. The molecule has 7 nitrogen and oxygen atoms in total. The molecule has 1 saturated heterocycles. The molecule has 1 aromatic carbocycles. The number of rotatable bonds is 2. The van der Waals surface area contributed by atoms with Gasteiger partial charge in [0.1, 0.15) is 5.82 Å². The highest BCUT2D eigenvalue weighted by atomic mass is 35.5. The molecule has 0 spiro atoms. The molecule has 1 fully saturated rings.